The summed E-state index contributed by atoms with van der Waals surface area (Å²) in [5.74, 6) is -0.618. The number of carbonyl (C=O) groups excluding carboxylic acids is 3. The quantitative estimate of drug-likeness (QED) is 0.174. The van der Waals surface area contributed by atoms with Gasteiger partial charge in [-0.3, -0.25) is 14.5 Å². The summed E-state index contributed by atoms with van der Waals surface area (Å²) in [6, 6.07) is 0. The predicted molar refractivity (Wildman–Crippen MR) is 125 cm³/mol. The van der Waals surface area contributed by atoms with E-state index >= 15 is 0 Å². The molecule has 1 rings (SSSR count). The highest BCUT2D eigenvalue weighted by Gasteiger charge is 2.22. The third kappa shape index (κ3) is 17.9. The van der Waals surface area contributed by atoms with Crippen LogP contribution < -0.4 is 5.32 Å². The number of hydrogen-bond donors (Lipinski definition) is 1. The van der Waals surface area contributed by atoms with Crippen LogP contribution in [0, 0.1) is 0 Å². The van der Waals surface area contributed by atoms with Crippen LogP contribution in [0.25, 0.3) is 0 Å². The van der Waals surface area contributed by atoms with Crippen molar-refractivity contribution in [2.75, 3.05) is 92.4 Å². The molecule has 3 amide bonds. The molecule has 1 heterocycles. The number of nitrogens with zero attached hydrogens (tertiary/aromatic N) is 1. The highest BCUT2D eigenvalue weighted by Crippen LogP contribution is 2.06. The molecule has 1 aliphatic heterocycles. The lowest BCUT2D eigenvalue weighted by atomic mass is 10.2. The van der Waals surface area contributed by atoms with E-state index in [2.05, 4.69) is 5.32 Å². The molecule has 1 N–H and O–H groups in total. The minimum atomic E-state index is -0.514. The van der Waals surface area contributed by atoms with E-state index in [1.165, 1.54) is 12.2 Å². The molecule has 0 fully saturated rings. The van der Waals surface area contributed by atoms with E-state index < -0.39 is 11.7 Å². The SMILES string of the molecule is CC(C)(C)OC(=O)NCCOCCOCCOCCOCCOCCOCCN1C(=O)C=CC1=O. The average molecular weight is 505 g/mol. The number of alkyl carbamates (subject to hydrolysis) is 1. The molecule has 0 aromatic rings. The fourth-order valence-electron chi connectivity index (χ4n) is 2.55. The van der Waals surface area contributed by atoms with Crippen LogP contribution in [-0.4, -0.2) is 121 Å². The van der Waals surface area contributed by atoms with Crippen LogP contribution in [0.4, 0.5) is 4.79 Å². The lowest BCUT2D eigenvalue weighted by Gasteiger charge is -2.19. The Labute approximate surface area is 207 Å². The zero-order valence-electron chi connectivity index (χ0n) is 21.1. The van der Waals surface area contributed by atoms with Crippen molar-refractivity contribution in [3.8, 4) is 0 Å². The zero-order valence-corrected chi connectivity index (χ0v) is 21.1. The third-order valence-corrected chi connectivity index (χ3v) is 4.13. The molecule has 202 valence electrons. The molecule has 0 aromatic heterocycles. The fourth-order valence-corrected chi connectivity index (χ4v) is 2.55. The van der Waals surface area contributed by atoms with Gasteiger partial charge in [-0.1, -0.05) is 0 Å². The Hall–Kier alpha value is -2.09. The van der Waals surface area contributed by atoms with Gasteiger partial charge in [-0.2, -0.15) is 0 Å². The van der Waals surface area contributed by atoms with E-state index in [1.807, 2.05) is 20.8 Å². The van der Waals surface area contributed by atoms with Crippen molar-refractivity contribution < 1.29 is 47.5 Å². The van der Waals surface area contributed by atoms with Gasteiger partial charge < -0.3 is 38.5 Å². The molecule has 12 heteroatoms. The first-order valence-corrected chi connectivity index (χ1v) is 11.8. The molecule has 35 heavy (non-hydrogen) atoms. The molecule has 0 atom stereocenters. The summed E-state index contributed by atoms with van der Waals surface area (Å²) in [4.78, 5) is 35.3. The first kappa shape index (κ1) is 30.9. The van der Waals surface area contributed by atoms with Crippen LogP contribution in [-0.2, 0) is 42.7 Å². The lowest BCUT2D eigenvalue weighted by molar-refractivity contribution is -0.137. The van der Waals surface area contributed by atoms with Gasteiger partial charge >= 0.3 is 6.09 Å². The normalized spacial score (nSPS) is 13.6. The number of nitrogens with one attached hydrogen (secondary N) is 1. The number of carbonyl (C=O) groups is 3. The van der Waals surface area contributed by atoms with Crippen LogP contribution in [0.1, 0.15) is 20.8 Å². The van der Waals surface area contributed by atoms with Crippen molar-refractivity contribution in [3.05, 3.63) is 12.2 Å². The van der Waals surface area contributed by atoms with Crippen molar-refractivity contribution >= 4 is 17.9 Å². The van der Waals surface area contributed by atoms with Crippen LogP contribution in [0.5, 0.6) is 0 Å². The second-order valence-corrected chi connectivity index (χ2v) is 8.26. The van der Waals surface area contributed by atoms with Gasteiger partial charge in [-0.15, -0.1) is 0 Å². The van der Waals surface area contributed by atoms with E-state index in [9.17, 15) is 14.4 Å². The number of ether oxygens (including phenoxy) is 7. The van der Waals surface area contributed by atoms with Gasteiger partial charge in [0.1, 0.15) is 5.60 Å². The topological polar surface area (TPSA) is 131 Å². The Balaban J connectivity index is 1.71. The number of imide groups is 1. The molecule has 0 bridgehead atoms. The summed E-state index contributed by atoms with van der Waals surface area (Å²) in [5, 5.41) is 2.61. The van der Waals surface area contributed by atoms with Crippen molar-refractivity contribution in [1.82, 2.24) is 10.2 Å². The second-order valence-electron chi connectivity index (χ2n) is 8.26. The van der Waals surface area contributed by atoms with Gasteiger partial charge in [0.15, 0.2) is 0 Å². The Morgan fingerprint density at radius 2 is 1.06 bits per heavy atom. The van der Waals surface area contributed by atoms with E-state index in [0.717, 1.165) is 4.90 Å². The number of rotatable bonds is 21. The molecule has 1 aliphatic rings. The second kappa shape index (κ2) is 19.1. The van der Waals surface area contributed by atoms with Crippen molar-refractivity contribution in [2.45, 2.75) is 26.4 Å². The van der Waals surface area contributed by atoms with E-state index in [-0.39, 0.29) is 25.0 Å². The lowest BCUT2D eigenvalue weighted by Crippen LogP contribution is -2.34. The highest BCUT2D eigenvalue weighted by atomic mass is 16.6. The summed E-state index contributed by atoms with van der Waals surface area (Å²) < 4.78 is 37.4. The first-order chi connectivity index (χ1) is 16.8. The Morgan fingerprint density at radius 3 is 1.46 bits per heavy atom. The molecule has 0 saturated carbocycles. The van der Waals surface area contributed by atoms with Crippen LogP contribution in [0.15, 0.2) is 12.2 Å². The van der Waals surface area contributed by atoms with Crippen LogP contribution in [0.3, 0.4) is 0 Å². The maximum absolute atomic E-state index is 11.4. The fraction of sp³-hybridized carbons (Fsp3) is 0.783. The highest BCUT2D eigenvalue weighted by molar-refractivity contribution is 6.12. The van der Waals surface area contributed by atoms with Crippen LogP contribution >= 0.6 is 0 Å². The largest absolute Gasteiger partial charge is 0.444 e. The molecular formula is C23H40N2O10. The van der Waals surface area contributed by atoms with Crippen molar-refractivity contribution in [3.63, 3.8) is 0 Å². The monoisotopic (exact) mass is 504 g/mol. The standard InChI is InChI=1S/C23H40N2O10/c1-23(2,3)35-22(28)24-6-8-29-10-12-31-14-16-33-18-19-34-17-15-32-13-11-30-9-7-25-20(26)4-5-21(25)27/h4-5H,6-19H2,1-3H3,(H,24,28). The predicted octanol–water partition coefficient (Wildman–Crippen LogP) is 0.536. The average Bonchev–Trinajstić information content (AvgIpc) is 3.11. The summed E-state index contributed by atoms with van der Waals surface area (Å²) in [6.45, 7) is 11.1. The molecule has 0 spiro atoms. The molecule has 0 aliphatic carbocycles. The summed E-state index contributed by atoms with van der Waals surface area (Å²) in [7, 11) is 0. The molecular weight excluding hydrogens is 464 g/mol. The molecule has 12 nitrogen and oxygen atoms in total. The summed E-state index contributed by atoms with van der Waals surface area (Å²) in [6.07, 6.45) is 2.04. The molecule has 0 aromatic carbocycles. The van der Waals surface area contributed by atoms with E-state index in [1.54, 1.807) is 0 Å². The minimum Gasteiger partial charge on any atom is -0.444 e. The van der Waals surface area contributed by atoms with Crippen molar-refractivity contribution in [1.29, 1.82) is 0 Å². The van der Waals surface area contributed by atoms with Gasteiger partial charge in [0.2, 0.25) is 0 Å². The Bertz CT molecular complexity index is 618. The smallest absolute Gasteiger partial charge is 0.407 e. The van der Waals surface area contributed by atoms with E-state index in [4.69, 9.17) is 33.2 Å². The number of hydrogen-bond acceptors (Lipinski definition) is 10. The van der Waals surface area contributed by atoms with Gasteiger partial charge in [0.25, 0.3) is 11.8 Å². The maximum atomic E-state index is 11.4. The maximum Gasteiger partial charge on any atom is 0.407 e. The molecule has 0 saturated heterocycles. The summed E-state index contributed by atoms with van der Waals surface area (Å²) >= 11 is 0. The summed E-state index contributed by atoms with van der Waals surface area (Å²) in [5.41, 5.74) is -0.514. The van der Waals surface area contributed by atoms with Gasteiger partial charge in [0.05, 0.1) is 85.8 Å². The molecule has 0 radical (unpaired) electrons. The van der Waals surface area contributed by atoms with Gasteiger partial charge in [-0.25, -0.2) is 4.79 Å². The van der Waals surface area contributed by atoms with Gasteiger partial charge in [0, 0.05) is 18.7 Å². The van der Waals surface area contributed by atoms with Crippen molar-refractivity contribution in [2.24, 2.45) is 0 Å². The number of amides is 3. The minimum absolute atomic E-state index is 0.238. The van der Waals surface area contributed by atoms with E-state index in [0.29, 0.717) is 79.2 Å². The zero-order chi connectivity index (χ0) is 25.8. The Kier molecular flexibility index (Phi) is 16.9. The third-order valence-electron chi connectivity index (χ3n) is 4.13. The Morgan fingerprint density at radius 1 is 0.686 bits per heavy atom. The van der Waals surface area contributed by atoms with Crippen LogP contribution in [0.2, 0.25) is 0 Å². The first-order valence-electron chi connectivity index (χ1n) is 11.8. The molecule has 0 unspecified atom stereocenters. The van der Waals surface area contributed by atoms with Gasteiger partial charge in [-0.05, 0) is 20.8 Å².